The van der Waals surface area contributed by atoms with Crippen molar-refractivity contribution in [3.63, 3.8) is 0 Å². The zero-order valence-electron chi connectivity index (χ0n) is 13.4. The summed E-state index contributed by atoms with van der Waals surface area (Å²) in [5.74, 6) is -0.165. The van der Waals surface area contributed by atoms with Crippen molar-refractivity contribution in [3.8, 4) is 10.6 Å². The summed E-state index contributed by atoms with van der Waals surface area (Å²) in [5.41, 5.74) is 3.20. The van der Waals surface area contributed by atoms with Crippen LogP contribution in [0.25, 0.3) is 21.5 Å². The van der Waals surface area contributed by atoms with Crippen LogP contribution in [-0.2, 0) is 0 Å². The molecule has 1 N–H and O–H groups in total. The number of nitrogens with one attached hydrogen (secondary N) is 1. The minimum absolute atomic E-state index is 0.165. The summed E-state index contributed by atoms with van der Waals surface area (Å²) in [5, 5.41) is 4.68. The first-order chi connectivity index (χ1) is 12.2. The second-order valence-corrected chi connectivity index (χ2v) is 6.50. The molecule has 0 aliphatic heterocycles. The number of pyridine rings is 2. The van der Waals surface area contributed by atoms with Crippen LogP contribution in [0.5, 0.6) is 0 Å². The topological polar surface area (TPSA) is 67.8 Å². The molecule has 3 aromatic heterocycles. The number of carbonyl (C=O) groups is 1. The van der Waals surface area contributed by atoms with Crippen molar-refractivity contribution in [1.29, 1.82) is 0 Å². The quantitative estimate of drug-likeness (QED) is 0.600. The molecule has 3 heterocycles. The summed E-state index contributed by atoms with van der Waals surface area (Å²) >= 11 is 1.37. The number of amides is 1. The molecule has 0 fully saturated rings. The molecule has 1 amide bonds. The van der Waals surface area contributed by atoms with Gasteiger partial charge in [-0.05, 0) is 43.3 Å². The number of fused-ring (bicyclic) bond motifs is 1. The summed E-state index contributed by atoms with van der Waals surface area (Å²) in [6.45, 7) is 1.84. The average molecular weight is 346 g/mol. The molecule has 0 aliphatic carbocycles. The maximum absolute atomic E-state index is 12.7. The van der Waals surface area contributed by atoms with E-state index in [4.69, 9.17) is 0 Å². The molecule has 0 unspecified atom stereocenters. The van der Waals surface area contributed by atoms with E-state index in [9.17, 15) is 4.79 Å². The van der Waals surface area contributed by atoms with Crippen LogP contribution in [-0.4, -0.2) is 20.9 Å². The maximum atomic E-state index is 12.7. The summed E-state index contributed by atoms with van der Waals surface area (Å²) in [6, 6.07) is 13.3. The lowest BCUT2D eigenvalue weighted by Crippen LogP contribution is -2.11. The van der Waals surface area contributed by atoms with Gasteiger partial charge in [0.25, 0.3) is 5.91 Å². The van der Waals surface area contributed by atoms with Crippen molar-refractivity contribution >= 4 is 33.8 Å². The lowest BCUT2D eigenvalue weighted by molar-refractivity contribution is 0.103. The van der Waals surface area contributed by atoms with Crippen molar-refractivity contribution in [3.05, 3.63) is 71.6 Å². The molecular weight excluding hydrogens is 332 g/mol. The van der Waals surface area contributed by atoms with Crippen molar-refractivity contribution in [1.82, 2.24) is 15.0 Å². The van der Waals surface area contributed by atoms with E-state index in [1.807, 2.05) is 49.4 Å². The van der Waals surface area contributed by atoms with Crippen molar-refractivity contribution in [2.45, 2.75) is 6.92 Å². The van der Waals surface area contributed by atoms with Gasteiger partial charge in [-0.3, -0.25) is 14.8 Å². The molecule has 1 aromatic carbocycles. The van der Waals surface area contributed by atoms with Crippen molar-refractivity contribution < 1.29 is 4.79 Å². The number of carbonyl (C=O) groups excluding carboxylic acids is 1. The molecule has 5 nitrogen and oxygen atoms in total. The minimum atomic E-state index is -0.165. The van der Waals surface area contributed by atoms with E-state index in [1.165, 1.54) is 11.3 Å². The van der Waals surface area contributed by atoms with E-state index in [-0.39, 0.29) is 5.91 Å². The molecule has 4 rings (SSSR count). The molecule has 6 heteroatoms. The fraction of sp³-hybridized carbons (Fsp3) is 0.0526. The van der Waals surface area contributed by atoms with Crippen LogP contribution in [0.4, 0.5) is 5.69 Å². The number of anilines is 1. The standard InChI is InChI=1S/C19H14N4OS/c1-12-17(25-19(22-12)13-5-3-9-20-11-13)18(24)23-16-8-2-7-15-14(16)6-4-10-21-15/h2-11H,1H3,(H,23,24). The smallest absolute Gasteiger partial charge is 0.267 e. The Bertz CT molecular complexity index is 1050. The van der Waals surface area contributed by atoms with E-state index in [0.29, 0.717) is 10.6 Å². The minimum Gasteiger partial charge on any atom is -0.321 e. The van der Waals surface area contributed by atoms with Gasteiger partial charge in [-0.1, -0.05) is 6.07 Å². The lowest BCUT2D eigenvalue weighted by Gasteiger charge is -2.07. The van der Waals surface area contributed by atoms with E-state index in [1.54, 1.807) is 18.6 Å². The normalized spacial score (nSPS) is 10.8. The highest BCUT2D eigenvalue weighted by Crippen LogP contribution is 2.29. The first kappa shape index (κ1) is 15.4. The molecular formula is C19H14N4OS. The van der Waals surface area contributed by atoms with Gasteiger partial charge in [0.15, 0.2) is 0 Å². The summed E-state index contributed by atoms with van der Waals surface area (Å²) < 4.78 is 0. The molecule has 0 radical (unpaired) electrons. The number of thiazole rings is 1. The van der Waals surface area contributed by atoms with Gasteiger partial charge in [0, 0.05) is 29.5 Å². The Hall–Kier alpha value is -3.12. The molecule has 122 valence electrons. The van der Waals surface area contributed by atoms with E-state index in [0.717, 1.165) is 27.2 Å². The highest BCUT2D eigenvalue weighted by Gasteiger charge is 2.17. The molecule has 0 bridgehead atoms. The van der Waals surface area contributed by atoms with Gasteiger partial charge in [-0.15, -0.1) is 11.3 Å². The van der Waals surface area contributed by atoms with Crippen molar-refractivity contribution in [2.24, 2.45) is 0 Å². The molecule has 0 spiro atoms. The summed E-state index contributed by atoms with van der Waals surface area (Å²) in [6.07, 6.45) is 5.20. The van der Waals surface area contributed by atoms with E-state index < -0.39 is 0 Å². The molecule has 0 aliphatic rings. The molecule has 0 saturated heterocycles. The molecule has 0 atom stereocenters. The predicted molar refractivity (Wildman–Crippen MR) is 99.8 cm³/mol. The van der Waals surface area contributed by atoms with Gasteiger partial charge in [0.2, 0.25) is 0 Å². The number of rotatable bonds is 3. The van der Waals surface area contributed by atoms with Crippen LogP contribution in [0.3, 0.4) is 0 Å². The zero-order chi connectivity index (χ0) is 17.2. The van der Waals surface area contributed by atoms with Gasteiger partial charge < -0.3 is 5.32 Å². The Morgan fingerprint density at radius 2 is 1.96 bits per heavy atom. The van der Waals surface area contributed by atoms with Crippen LogP contribution in [0.1, 0.15) is 15.4 Å². The van der Waals surface area contributed by atoms with Crippen LogP contribution >= 0.6 is 11.3 Å². The highest BCUT2D eigenvalue weighted by molar-refractivity contribution is 7.17. The fourth-order valence-corrected chi connectivity index (χ4v) is 3.56. The Balaban J connectivity index is 1.66. The van der Waals surface area contributed by atoms with Crippen LogP contribution in [0, 0.1) is 6.92 Å². The SMILES string of the molecule is Cc1nc(-c2cccnc2)sc1C(=O)Nc1cccc2ncccc12. The van der Waals surface area contributed by atoms with Gasteiger partial charge in [-0.25, -0.2) is 4.98 Å². The van der Waals surface area contributed by atoms with Crippen LogP contribution < -0.4 is 5.32 Å². The van der Waals surface area contributed by atoms with E-state index in [2.05, 4.69) is 20.3 Å². The highest BCUT2D eigenvalue weighted by atomic mass is 32.1. The number of hydrogen-bond donors (Lipinski definition) is 1. The largest absolute Gasteiger partial charge is 0.321 e. The molecule has 0 saturated carbocycles. The average Bonchev–Trinajstić information content (AvgIpc) is 3.05. The van der Waals surface area contributed by atoms with Gasteiger partial charge >= 0.3 is 0 Å². The third kappa shape index (κ3) is 2.99. The number of aromatic nitrogens is 3. The van der Waals surface area contributed by atoms with Gasteiger partial charge in [0.05, 0.1) is 16.9 Å². The number of nitrogens with zero attached hydrogens (tertiary/aromatic N) is 3. The number of benzene rings is 1. The summed E-state index contributed by atoms with van der Waals surface area (Å²) in [4.78, 5) is 26.3. The Labute approximate surface area is 148 Å². The number of hydrogen-bond acceptors (Lipinski definition) is 5. The van der Waals surface area contributed by atoms with Gasteiger partial charge in [-0.2, -0.15) is 0 Å². The Morgan fingerprint density at radius 1 is 1.08 bits per heavy atom. The second-order valence-electron chi connectivity index (χ2n) is 5.51. The monoisotopic (exact) mass is 346 g/mol. The van der Waals surface area contributed by atoms with Crippen LogP contribution in [0.15, 0.2) is 61.1 Å². The summed E-state index contributed by atoms with van der Waals surface area (Å²) in [7, 11) is 0. The van der Waals surface area contributed by atoms with E-state index >= 15 is 0 Å². The third-order valence-corrected chi connectivity index (χ3v) is 5.01. The second kappa shape index (κ2) is 6.41. The lowest BCUT2D eigenvalue weighted by atomic mass is 10.2. The Morgan fingerprint density at radius 3 is 2.80 bits per heavy atom. The fourth-order valence-electron chi connectivity index (χ4n) is 2.61. The third-order valence-electron chi connectivity index (χ3n) is 3.81. The first-order valence-corrected chi connectivity index (χ1v) is 8.57. The maximum Gasteiger partial charge on any atom is 0.267 e. The predicted octanol–water partition coefficient (Wildman–Crippen LogP) is 4.31. The molecule has 25 heavy (non-hydrogen) atoms. The number of aryl methyl sites for hydroxylation is 1. The van der Waals surface area contributed by atoms with Crippen LogP contribution in [0.2, 0.25) is 0 Å². The van der Waals surface area contributed by atoms with Crippen molar-refractivity contribution in [2.75, 3.05) is 5.32 Å². The molecule has 4 aromatic rings. The first-order valence-electron chi connectivity index (χ1n) is 7.75. The zero-order valence-corrected chi connectivity index (χ0v) is 14.2. The Kier molecular flexibility index (Phi) is 3.95. The van der Waals surface area contributed by atoms with Gasteiger partial charge in [0.1, 0.15) is 9.88 Å².